The first-order chi connectivity index (χ1) is 7.55. The summed E-state index contributed by atoms with van der Waals surface area (Å²) in [5.74, 6) is -0.846. The predicted octanol–water partition coefficient (Wildman–Crippen LogP) is 3.98. The molecule has 2 nitrogen and oxygen atoms in total. The van der Waals surface area contributed by atoms with Crippen LogP contribution in [0.3, 0.4) is 0 Å². The molecule has 0 aliphatic rings. The summed E-state index contributed by atoms with van der Waals surface area (Å²) >= 11 is 0. The Bertz CT molecular complexity index is 437. The van der Waals surface area contributed by atoms with Crippen LogP contribution in [0.1, 0.15) is 63.0 Å². The van der Waals surface area contributed by atoms with E-state index in [2.05, 4.69) is 41.5 Å². The van der Waals surface area contributed by atoms with Gasteiger partial charge < -0.3 is 5.11 Å². The summed E-state index contributed by atoms with van der Waals surface area (Å²) in [6.45, 7) is 12.5. The van der Waals surface area contributed by atoms with E-state index in [4.69, 9.17) is 0 Å². The Balaban J connectivity index is 0.00000289. The van der Waals surface area contributed by atoms with Crippen LogP contribution >= 0.6 is 0 Å². The van der Waals surface area contributed by atoms with E-state index in [1.54, 1.807) is 6.07 Å². The van der Waals surface area contributed by atoms with Gasteiger partial charge in [-0.25, -0.2) is 4.79 Å². The van der Waals surface area contributed by atoms with Crippen molar-refractivity contribution in [2.24, 2.45) is 0 Å². The van der Waals surface area contributed by atoms with Gasteiger partial charge in [0.2, 0.25) is 0 Å². The summed E-state index contributed by atoms with van der Waals surface area (Å²) in [5.41, 5.74) is 2.26. The molecule has 0 aromatic heterocycles. The Morgan fingerprint density at radius 1 is 1.00 bits per heavy atom. The summed E-state index contributed by atoms with van der Waals surface area (Å²) < 4.78 is 0. The standard InChI is InChI=1S/C15H22O2.Ni/c1-14(2,3)11-9-7-8-10(13(16)17)12(11)15(4,5)6;/h7-9H,1-6H3,(H,16,17);. The summed E-state index contributed by atoms with van der Waals surface area (Å²) in [6.07, 6.45) is 0. The molecular weight excluding hydrogens is 271 g/mol. The average Bonchev–Trinajstić information content (AvgIpc) is 2.13. The molecule has 0 radical (unpaired) electrons. The molecule has 0 unspecified atom stereocenters. The second-order valence-corrected chi connectivity index (χ2v) is 6.53. The van der Waals surface area contributed by atoms with Crippen LogP contribution in [0, 0.1) is 0 Å². The molecule has 0 amide bonds. The van der Waals surface area contributed by atoms with Crippen molar-refractivity contribution < 1.29 is 26.4 Å². The minimum atomic E-state index is -0.846. The van der Waals surface area contributed by atoms with Gasteiger partial charge in [0, 0.05) is 16.5 Å². The maximum atomic E-state index is 11.3. The molecule has 0 saturated heterocycles. The third-order valence-electron chi connectivity index (χ3n) is 2.85. The first-order valence-corrected chi connectivity index (χ1v) is 5.92. The molecule has 0 fully saturated rings. The van der Waals surface area contributed by atoms with Crippen molar-refractivity contribution in [2.75, 3.05) is 0 Å². The fourth-order valence-electron chi connectivity index (χ4n) is 2.16. The molecule has 0 atom stereocenters. The van der Waals surface area contributed by atoms with Gasteiger partial charge in [0.1, 0.15) is 0 Å². The van der Waals surface area contributed by atoms with E-state index in [1.165, 1.54) is 0 Å². The number of carboxylic acids is 1. The van der Waals surface area contributed by atoms with Crippen LogP contribution in [-0.2, 0) is 27.3 Å². The van der Waals surface area contributed by atoms with Gasteiger partial charge in [-0.15, -0.1) is 0 Å². The van der Waals surface area contributed by atoms with Crippen molar-refractivity contribution in [2.45, 2.75) is 52.4 Å². The Morgan fingerprint density at radius 2 is 1.50 bits per heavy atom. The average molecular weight is 293 g/mol. The van der Waals surface area contributed by atoms with Crippen molar-refractivity contribution >= 4 is 5.97 Å². The van der Waals surface area contributed by atoms with Crippen LogP contribution < -0.4 is 0 Å². The zero-order valence-corrected chi connectivity index (χ0v) is 12.9. The van der Waals surface area contributed by atoms with Gasteiger partial charge in [-0.1, -0.05) is 53.7 Å². The number of benzene rings is 1. The fourth-order valence-corrected chi connectivity index (χ4v) is 2.16. The zero-order chi connectivity index (χ0) is 13.4. The number of carboxylic acid groups (broad SMARTS) is 1. The van der Waals surface area contributed by atoms with Crippen molar-refractivity contribution in [3.8, 4) is 0 Å². The van der Waals surface area contributed by atoms with Crippen molar-refractivity contribution in [1.82, 2.24) is 0 Å². The van der Waals surface area contributed by atoms with Crippen molar-refractivity contribution in [3.63, 3.8) is 0 Å². The van der Waals surface area contributed by atoms with Crippen LogP contribution in [0.2, 0.25) is 0 Å². The smallest absolute Gasteiger partial charge is 0.335 e. The van der Waals surface area contributed by atoms with Gasteiger partial charge >= 0.3 is 5.97 Å². The van der Waals surface area contributed by atoms with E-state index in [0.29, 0.717) is 5.56 Å². The van der Waals surface area contributed by atoms with Crippen LogP contribution in [0.4, 0.5) is 0 Å². The minimum absolute atomic E-state index is 0. The molecule has 0 aliphatic carbocycles. The SMILES string of the molecule is CC(C)(C)c1cccc(C(=O)O)c1C(C)(C)C.[Ni]. The molecule has 0 aliphatic heterocycles. The van der Waals surface area contributed by atoms with E-state index in [-0.39, 0.29) is 27.3 Å². The summed E-state index contributed by atoms with van der Waals surface area (Å²) in [7, 11) is 0. The van der Waals surface area contributed by atoms with Crippen molar-refractivity contribution in [3.05, 3.63) is 34.9 Å². The molecular formula is C15H22NiO2. The fraction of sp³-hybridized carbons (Fsp3) is 0.533. The zero-order valence-electron chi connectivity index (χ0n) is 11.9. The molecule has 0 heterocycles. The van der Waals surface area contributed by atoms with Crippen LogP contribution in [0.15, 0.2) is 18.2 Å². The first kappa shape index (κ1) is 17.2. The maximum Gasteiger partial charge on any atom is 0.335 e. The van der Waals surface area contributed by atoms with E-state index >= 15 is 0 Å². The van der Waals surface area contributed by atoms with Crippen LogP contribution in [0.25, 0.3) is 0 Å². The first-order valence-electron chi connectivity index (χ1n) is 5.92. The molecule has 1 aromatic carbocycles. The number of hydrogen-bond donors (Lipinski definition) is 1. The normalized spacial score (nSPS) is 11.9. The van der Waals surface area contributed by atoms with Crippen LogP contribution in [-0.4, -0.2) is 11.1 Å². The summed E-state index contributed by atoms with van der Waals surface area (Å²) in [6, 6.07) is 5.56. The summed E-state index contributed by atoms with van der Waals surface area (Å²) in [5, 5.41) is 9.32. The molecule has 3 heteroatoms. The molecule has 104 valence electrons. The van der Waals surface area contributed by atoms with E-state index in [0.717, 1.165) is 11.1 Å². The van der Waals surface area contributed by atoms with Gasteiger partial charge in [-0.2, -0.15) is 0 Å². The second kappa shape index (κ2) is 5.44. The second-order valence-electron chi connectivity index (χ2n) is 6.53. The molecule has 1 N–H and O–H groups in total. The third kappa shape index (κ3) is 3.59. The molecule has 1 rings (SSSR count). The minimum Gasteiger partial charge on any atom is -0.478 e. The predicted molar refractivity (Wildman–Crippen MR) is 70.8 cm³/mol. The quantitative estimate of drug-likeness (QED) is 0.795. The van der Waals surface area contributed by atoms with Gasteiger partial charge in [-0.3, -0.25) is 0 Å². The topological polar surface area (TPSA) is 37.3 Å². The Labute approximate surface area is 120 Å². The molecule has 1 aromatic rings. The maximum absolute atomic E-state index is 11.3. The molecule has 0 spiro atoms. The molecule has 18 heavy (non-hydrogen) atoms. The number of carbonyl (C=O) groups is 1. The van der Waals surface area contributed by atoms with Gasteiger partial charge in [0.15, 0.2) is 0 Å². The monoisotopic (exact) mass is 292 g/mol. The van der Waals surface area contributed by atoms with E-state index < -0.39 is 5.97 Å². The van der Waals surface area contributed by atoms with E-state index in [9.17, 15) is 9.90 Å². The Morgan fingerprint density at radius 3 is 1.83 bits per heavy atom. The Hall–Kier alpha value is -0.816. The molecule has 0 saturated carbocycles. The number of aromatic carboxylic acids is 1. The summed E-state index contributed by atoms with van der Waals surface area (Å²) in [4.78, 5) is 11.3. The molecule has 0 bridgehead atoms. The van der Waals surface area contributed by atoms with Gasteiger partial charge in [0.25, 0.3) is 0 Å². The Kier molecular flexibility index (Phi) is 5.20. The van der Waals surface area contributed by atoms with Gasteiger partial charge in [-0.05, 0) is 28.0 Å². The largest absolute Gasteiger partial charge is 0.478 e. The van der Waals surface area contributed by atoms with Crippen molar-refractivity contribution in [1.29, 1.82) is 0 Å². The number of rotatable bonds is 1. The third-order valence-corrected chi connectivity index (χ3v) is 2.85. The van der Waals surface area contributed by atoms with E-state index in [1.807, 2.05) is 12.1 Å². The van der Waals surface area contributed by atoms with Crippen LogP contribution in [0.5, 0.6) is 0 Å². The van der Waals surface area contributed by atoms with Gasteiger partial charge in [0.05, 0.1) is 5.56 Å². The number of hydrogen-bond acceptors (Lipinski definition) is 1.